The van der Waals surface area contributed by atoms with Gasteiger partial charge in [0.15, 0.2) is 5.96 Å². The number of nitrogens with one attached hydrogen (secondary N) is 2. The van der Waals surface area contributed by atoms with Gasteiger partial charge in [0.2, 0.25) is 0 Å². The molecule has 112 valence electrons. The summed E-state index contributed by atoms with van der Waals surface area (Å²) in [4.78, 5) is 6.65. The maximum atomic E-state index is 5.11. The minimum absolute atomic E-state index is 0.277. The standard InChI is InChI=1S/C14H30N4O/c1-12(11-19-4)17-14(15-2)16-8-5-13-6-9-18(3)10-7-13/h12-13H,5-11H2,1-4H3,(H2,15,16,17). The molecule has 0 spiro atoms. The number of methoxy groups -OCH3 is 1. The predicted octanol–water partition coefficient (Wildman–Crippen LogP) is 0.918. The molecule has 5 heteroatoms. The fourth-order valence-corrected chi connectivity index (χ4v) is 2.47. The van der Waals surface area contributed by atoms with Crippen molar-refractivity contribution in [2.75, 3.05) is 47.4 Å². The molecule has 1 aliphatic heterocycles. The van der Waals surface area contributed by atoms with Crippen molar-refractivity contribution in [2.45, 2.75) is 32.2 Å². The number of aliphatic imine (C=N–C) groups is 1. The normalized spacial score (nSPS) is 20.3. The third-order valence-electron chi connectivity index (χ3n) is 3.71. The number of nitrogens with zero attached hydrogens (tertiary/aromatic N) is 2. The van der Waals surface area contributed by atoms with Crippen molar-refractivity contribution in [1.29, 1.82) is 0 Å². The molecule has 1 atom stereocenters. The first kappa shape index (κ1) is 16.2. The largest absolute Gasteiger partial charge is 0.383 e. The van der Waals surface area contributed by atoms with Gasteiger partial charge in [0.05, 0.1) is 6.61 Å². The number of rotatable bonds is 6. The van der Waals surface area contributed by atoms with Crippen LogP contribution in [0.25, 0.3) is 0 Å². The van der Waals surface area contributed by atoms with Gasteiger partial charge in [0, 0.05) is 26.7 Å². The molecule has 0 radical (unpaired) electrons. The van der Waals surface area contributed by atoms with Crippen LogP contribution in [0.2, 0.25) is 0 Å². The molecular weight excluding hydrogens is 240 g/mol. The molecule has 1 fully saturated rings. The van der Waals surface area contributed by atoms with Crippen LogP contribution in [0.5, 0.6) is 0 Å². The molecule has 0 saturated carbocycles. The number of piperidine rings is 1. The molecule has 1 rings (SSSR count). The van der Waals surface area contributed by atoms with E-state index in [2.05, 4.69) is 34.5 Å². The first-order valence-electron chi connectivity index (χ1n) is 7.30. The summed E-state index contributed by atoms with van der Waals surface area (Å²) in [6.45, 7) is 6.25. The van der Waals surface area contributed by atoms with Gasteiger partial charge in [-0.15, -0.1) is 0 Å². The SMILES string of the molecule is CN=C(NCCC1CCN(C)CC1)NC(C)COC. The number of hydrogen-bond acceptors (Lipinski definition) is 3. The van der Waals surface area contributed by atoms with Crippen LogP contribution in [0.15, 0.2) is 4.99 Å². The Morgan fingerprint density at radius 3 is 2.68 bits per heavy atom. The zero-order valence-electron chi connectivity index (χ0n) is 12.9. The molecule has 1 saturated heterocycles. The van der Waals surface area contributed by atoms with Gasteiger partial charge in [-0.3, -0.25) is 4.99 Å². The smallest absolute Gasteiger partial charge is 0.191 e. The molecule has 19 heavy (non-hydrogen) atoms. The Kier molecular flexibility index (Phi) is 7.82. The van der Waals surface area contributed by atoms with Gasteiger partial charge < -0.3 is 20.3 Å². The van der Waals surface area contributed by atoms with E-state index in [1.165, 1.54) is 32.4 Å². The van der Waals surface area contributed by atoms with Crippen molar-refractivity contribution in [2.24, 2.45) is 10.9 Å². The Bertz CT molecular complexity index is 262. The topological polar surface area (TPSA) is 48.9 Å². The lowest BCUT2D eigenvalue weighted by Gasteiger charge is -2.29. The van der Waals surface area contributed by atoms with Crippen LogP contribution >= 0.6 is 0 Å². The zero-order valence-corrected chi connectivity index (χ0v) is 12.9. The van der Waals surface area contributed by atoms with Gasteiger partial charge in [-0.2, -0.15) is 0 Å². The molecule has 0 amide bonds. The van der Waals surface area contributed by atoms with E-state index in [9.17, 15) is 0 Å². The van der Waals surface area contributed by atoms with Crippen molar-refractivity contribution in [3.63, 3.8) is 0 Å². The maximum Gasteiger partial charge on any atom is 0.191 e. The number of likely N-dealkylation sites (tertiary alicyclic amines) is 1. The maximum absolute atomic E-state index is 5.11. The second-order valence-corrected chi connectivity index (χ2v) is 5.54. The summed E-state index contributed by atoms with van der Waals surface area (Å²) in [7, 11) is 5.73. The predicted molar refractivity (Wildman–Crippen MR) is 80.7 cm³/mol. The lowest BCUT2D eigenvalue weighted by Crippen LogP contribution is -2.44. The van der Waals surface area contributed by atoms with Gasteiger partial charge >= 0.3 is 0 Å². The van der Waals surface area contributed by atoms with Crippen LogP contribution in [-0.4, -0.2) is 64.3 Å². The zero-order chi connectivity index (χ0) is 14.1. The van der Waals surface area contributed by atoms with Gasteiger partial charge in [-0.1, -0.05) is 0 Å². The Morgan fingerprint density at radius 1 is 1.42 bits per heavy atom. The molecule has 1 aliphatic rings. The van der Waals surface area contributed by atoms with Crippen molar-refractivity contribution in [3.05, 3.63) is 0 Å². The molecule has 2 N–H and O–H groups in total. The van der Waals surface area contributed by atoms with Crippen molar-refractivity contribution in [3.8, 4) is 0 Å². The van der Waals surface area contributed by atoms with Gasteiger partial charge in [0.1, 0.15) is 0 Å². The lowest BCUT2D eigenvalue weighted by atomic mass is 9.94. The van der Waals surface area contributed by atoms with Crippen molar-refractivity contribution >= 4 is 5.96 Å². The minimum Gasteiger partial charge on any atom is -0.383 e. The molecule has 1 heterocycles. The first-order chi connectivity index (χ1) is 9.15. The molecule has 0 aromatic rings. The molecule has 0 aromatic carbocycles. The van der Waals surface area contributed by atoms with Crippen LogP contribution in [0.3, 0.4) is 0 Å². The highest BCUT2D eigenvalue weighted by atomic mass is 16.5. The quantitative estimate of drug-likeness (QED) is 0.556. The Labute approximate surface area is 117 Å². The average Bonchev–Trinajstić information content (AvgIpc) is 2.40. The second-order valence-electron chi connectivity index (χ2n) is 5.54. The van der Waals surface area contributed by atoms with Gasteiger partial charge in [-0.05, 0) is 52.2 Å². The fraction of sp³-hybridized carbons (Fsp3) is 0.929. The summed E-state index contributed by atoms with van der Waals surface area (Å²) in [5, 5.41) is 6.70. The van der Waals surface area contributed by atoms with Crippen LogP contribution in [-0.2, 0) is 4.74 Å². The number of guanidine groups is 1. The van der Waals surface area contributed by atoms with E-state index in [-0.39, 0.29) is 6.04 Å². The third-order valence-corrected chi connectivity index (χ3v) is 3.71. The molecule has 5 nitrogen and oxygen atoms in total. The van der Waals surface area contributed by atoms with E-state index in [4.69, 9.17) is 4.74 Å². The van der Waals surface area contributed by atoms with Gasteiger partial charge in [0.25, 0.3) is 0 Å². The molecular formula is C14H30N4O. The Morgan fingerprint density at radius 2 is 2.11 bits per heavy atom. The highest BCUT2D eigenvalue weighted by Crippen LogP contribution is 2.18. The van der Waals surface area contributed by atoms with Crippen molar-refractivity contribution in [1.82, 2.24) is 15.5 Å². The highest BCUT2D eigenvalue weighted by Gasteiger charge is 2.16. The number of hydrogen-bond donors (Lipinski definition) is 2. The minimum atomic E-state index is 0.277. The molecule has 0 aliphatic carbocycles. The van der Waals surface area contributed by atoms with E-state index in [1.54, 1.807) is 7.11 Å². The lowest BCUT2D eigenvalue weighted by molar-refractivity contribution is 0.179. The van der Waals surface area contributed by atoms with Gasteiger partial charge in [-0.25, -0.2) is 0 Å². The van der Waals surface area contributed by atoms with E-state index >= 15 is 0 Å². The Hall–Kier alpha value is -0.810. The molecule has 0 aromatic heterocycles. The van der Waals surface area contributed by atoms with Crippen molar-refractivity contribution < 1.29 is 4.74 Å². The summed E-state index contributed by atoms with van der Waals surface area (Å²) < 4.78 is 5.11. The van der Waals surface area contributed by atoms with Crippen LogP contribution < -0.4 is 10.6 Å². The van der Waals surface area contributed by atoms with Crippen LogP contribution in [0.1, 0.15) is 26.2 Å². The summed E-state index contributed by atoms with van der Waals surface area (Å²) >= 11 is 0. The van der Waals surface area contributed by atoms with Crippen LogP contribution in [0, 0.1) is 5.92 Å². The monoisotopic (exact) mass is 270 g/mol. The van der Waals surface area contributed by atoms with E-state index in [0.29, 0.717) is 6.61 Å². The van der Waals surface area contributed by atoms with E-state index < -0.39 is 0 Å². The first-order valence-corrected chi connectivity index (χ1v) is 7.30. The fourth-order valence-electron chi connectivity index (χ4n) is 2.47. The summed E-state index contributed by atoms with van der Waals surface area (Å²) in [5.74, 6) is 1.73. The summed E-state index contributed by atoms with van der Waals surface area (Å²) in [6, 6.07) is 0.277. The molecule has 1 unspecified atom stereocenters. The summed E-state index contributed by atoms with van der Waals surface area (Å²) in [5.41, 5.74) is 0. The average molecular weight is 270 g/mol. The van der Waals surface area contributed by atoms with Crippen LogP contribution in [0.4, 0.5) is 0 Å². The highest BCUT2D eigenvalue weighted by molar-refractivity contribution is 5.79. The molecule has 0 bridgehead atoms. The second kappa shape index (κ2) is 9.15. The van der Waals surface area contributed by atoms with E-state index in [1.807, 2.05) is 7.05 Å². The number of ether oxygens (including phenoxy) is 1. The Balaban J connectivity index is 2.16. The van der Waals surface area contributed by atoms with E-state index in [0.717, 1.165) is 18.4 Å². The third kappa shape index (κ3) is 6.78. The summed E-state index contributed by atoms with van der Waals surface area (Å²) in [6.07, 6.45) is 3.88.